The van der Waals surface area contributed by atoms with Gasteiger partial charge < -0.3 is 19.6 Å². The Morgan fingerprint density at radius 3 is 2.41 bits per heavy atom. The van der Waals surface area contributed by atoms with Crippen LogP contribution in [0, 0.1) is 0 Å². The van der Waals surface area contributed by atoms with E-state index in [4.69, 9.17) is 38.1 Å². The number of ether oxygens (including phenoxy) is 2. The molecule has 0 atom stereocenters. The van der Waals surface area contributed by atoms with Gasteiger partial charge in [0.25, 0.3) is 0 Å². The molecule has 0 aliphatic rings. The molecule has 0 saturated heterocycles. The van der Waals surface area contributed by atoms with Crippen molar-refractivity contribution >= 4 is 34.5 Å². The first-order chi connectivity index (χ1) is 13.1. The highest BCUT2D eigenvalue weighted by Crippen LogP contribution is 2.27. The van der Waals surface area contributed by atoms with E-state index in [0.29, 0.717) is 40.4 Å². The molecule has 0 bridgehead atoms. The van der Waals surface area contributed by atoms with Crippen LogP contribution in [0.5, 0.6) is 11.5 Å². The molecule has 0 heterocycles. The lowest BCUT2D eigenvalue weighted by Crippen LogP contribution is -2.31. The minimum Gasteiger partial charge on any atom is -0.493 e. The molecule has 0 aliphatic heterocycles. The zero-order chi connectivity index (χ0) is 19.6. The van der Waals surface area contributed by atoms with Gasteiger partial charge in [-0.1, -0.05) is 47.2 Å². The summed E-state index contributed by atoms with van der Waals surface area (Å²) in [6, 6.07) is 13.2. The number of thiocarbonyl (C=S) groups is 1. The van der Waals surface area contributed by atoms with Gasteiger partial charge in [0.05, 0.1) is 14.2 Å². The van der Waals surface area contributed by atoms with Crippen molar-refractivity contribution in [3.63, 3.8) is 0 Å². The highest BCUT2D eigenvalue weighted by Gasteiger charge is 2.12. The first-order valence-electron chi connectivity index (χ1n) is 8.54. The maximum atomic E-state index is 5.96. The number of methoxy groups -OCH3 is 2. The van der Waals surface area contributed by atoms with Crippen molar-refractivity contribution in [1.82, 2.24) is 5.32 Å². The van der Waals surface area contributed by atoms with E-state index >= 15 is 0 Å². The van der Waals surface area contributed by atoms with Gasteiger partial charge in [0.15, 0.2) is 11.5 Å². The molecule has 5 nitrogen and oxygen atoms in total. The van der Waals surface area contributed by atoms with Crippen molar-refractivity contribution in [2.75, 3.05) is 27.4 Å². The zero-order valence-corrected chi connectivity index (χ0v) is 17.2. The second kappa shape index (κ2) is 10.7. The van der Waals surface area contributed by atoms with Crippen molar-refractivity contribution in [3.05, 3.63) is 58.6 Å². The first kappa shape index (κ1) is 21.0. The molecule has 0 saturated carbocycles. The molecular weight excluding hydrogens is 384 g/mol. The van der Waals surface area contributed by atoms with E-state index in [-0.39, 0.29) is 0 Å². The third-order valence-electron chi connectivity index (χ3n) is 3.76. The fraction of sp³-hybridized carbons (Fsp3) is 0.300. The number of hydrogen-bond acceptors (Lipinski definition) is 5. The average Bonchev–Trinajstić information content (AvgIpc) is 2.69. The van der Waals surface area contributed by atoms with Gasteiger partial charge in [-0.3, -0.25) is 0 Å². The molecule has 0 amide bonds. The second-order valence-corrected chi connectivity index (χ2v) is 6.40. The largest absolute Gasteiger partial charge is 0.493 e. The van der Waals surface area contributed by atoms with Crippen molar-refractivity contribution in [3.8, 4) is 11.5 Å². The van der Waals surface area contributed by atoms with Gasteiger partial charge in [-0.25, -0.2) is 0 Å². The lowest BCUT2D eigenvalue weighted by atomic mass is 10.1. The first-order valence-corrected chi connectivity index (χ1v) is 9.32. The summed E-state index contributed by atoms with van der Waals surface area (Å²) in [5.74, 6) is 1.41. The molecule has 0 fully saturated rings. The third-order valence-corrected chi connectivity index (χ3v) is 4.35. The predicted octanol–water partition coefficient (Wildman–Crippen LogP) is 4.26. The minimum absolute atomic E-state index is 0.464. The van der Waals surface area contributed by atoms with E-state index in [9.17, 15) is 0 Å². The number of nitrogens with one attached hydrogen (secondary N) is 1. The van der Waals surface area contributed by atoms with Crippen LogP contribution in [0.15, 0.2) is 47.6 Å². The number of oxime groups is 1. The van der Waals surface area contributed by atoms with Gasteiger partial charge in [-0.15, -0.1) is 0 Å². The third kappa shape index (κ3) is 6.12. The van der Waals surface area contributed by atoms with Crippen LogP contribution >= 0.6 is 23.8 Å². The van der Waals surface area contributed by atoms with Crippen LogP contribution in [-0.2, 0) is 11.3 Å². The Balaban J connectivity index is 2.02. The van der Waals surface area contributed by atoms with Gasteiger partial charge in [0, 0.05) is 17.1 Å². The lowest BCUT2D eigenvalue weighted by molar-refractivity contribution is 0.159. The summed E-state index contributed by atoms with van der Waals surface area (Å²) in [6.45, 7) is 2.98. The molecule has 144 valence electrons. The van der Waals surface area contributed by atoms with E-state index in [0.717, 1.165) is 17.5 Å². The Bertz CT molecular complexity index is 794. The molecular formula is C20H23ClN2O3S. The summed E-state index contributed by atoms with van der Waals surface area (Å²) >= 11 is 11.5. The van der Waals surface area contributed by atoms with Crippen molar-refractivity contribution in [1.29, 1.82) is 0 Å². The normalized spacial score (nSPS) is 11.0. The predicted molar refractivity (Wildman–Crippen MR) is 113 cm³/mol. The van der Waals surface area contributed by atoms with Gasteiger partial charge >= 0.3 is 0 Å². The topological polar surface area (TPSA) is 52.1 Å². The second-order valence-electron chi connectivity index (χ2n) is 5.56. The Morgan fingerprint density at radius 2 is 1.78 bits per heavy atom. The summed E-state index contributed by atoms with van der Waals surface area (Å²) in [4.78, 5) is 5.74. The lowest BCUT2D eigenvalue weighted by Gasteiger charge is -2.12. The zero-order valence-electron chi connectivity index (χ0n) is 15.6. The summed E-state index contributed by atoms with van der Waals surface area (Å²) in [7, 11) is 3.24. The number of halogens is 1. The average molecular weight is 407 g/mol. The molecule has 0 aromatic heterocycles. The van der Waals surface area contributed by atoms with Crippen LogP contribution in [0.4, 0.5) is 0 Å². The highest BCUT2D eigenvalue weighted by atomic mass is 35.5. The molecule has 7 heteroatoms. The molecule has 27 heavy (non-hydrogen) atoms. The fourth-order valence-electron chi connectivity index (χ4n) is 2.40. The Morgan fingerprint density at radius 1 is 1.07 bits per heavy atom. The number of rotatable bonds is 9. The molecule has 2 rings (SSSR count). The molecule has 2 aromatic rings. The highest BCUT2D eigenvalue weighted by molar-refractivity contribution is 7.82. The number of benzene rings is 2. The van der Waals surface area contributed by atoms with Gasteiger partial charge in [-0.2, -0.15) is 0 Å². The van der Waals surface area contributed by atoms with Gasteiger partial charge in [0.1, 0.15) is 17.3 Å². The van der Waals surface area contributed by atoms with Gasteiger partial charge in [0.2, 0.25) is 0 Å². The number of hydrogen-bond donors (Lipinski definition) is 1. The standard InChI is InChI=1S/C20H23ClN2O3S/c1-4-26-23-19(15-6-8-16(21)9-7-15)20(27)22-12-11-14-5-10-17(24-2)18(13-14)25-3/h5-10,13H,4,11-12H2,1-3H3,(H,22,27)/b23-19-. The van der Waals surface area contributed by atoms with Crippen LogP contribution in [0.2, 0.25) is 5.02 Å². The van der Waals surface area contributed by atoms with Crippen LogP contribution in [0.25, 0.3) is 0 Å². The van der Waals surface area contributed by atoms with Crippen molar-refractivity contribution in [2.24, 2.45) is 5.16 Å². The molecule has 1 N–H and O–H groups in total. The molecule has 0 radical (unpaired) electrons. The van der Waals surface area contributed by atoms with E-state index < -0.39 is 0 Å². The smallest absolute Gasteiger partial charge is 0.160 e. The Hall–Kier alpha value is -2.31. The Kier molecular flexibility index (Phi) is 8.36. The molecule has 0 unspecified atom stereocenters. The monoisotopic (exact) mass is 406 g/mol. The quantitative estimate of drug-likeness (QED) is 0.383. The summed E-state index contributed by atoms with van der Waals surface area (Å²) in [5.41, 5.74) is 2.53. The van der Waals surface area contributed by atoms with E-state index in [1.54, 1.807) is 26.4 Å². The SMILES string of the molecule is CCO/N=C(\C(=S)NCCc1ccc(OC)c(OC)c1)c1ccc(Cl)cc1. The van der Waals surface area contributed by atoms with Crippen LogP contribution in [0.1, 0.15) is 18.1 Å². The fourth-order valence-corrected chi connectivity index (χ4v) is 2.79. The van der Waals surface area contributed by atoms with E-state index in [2.05, 4.69) is 10.5 Å². The summed E-state index contributed by atoms with van der Waals surface area (Å²) < 4.78 is 10.6. The minimum atomic E-state index is 0.464. The van der Waals surface area contributed by atoms with Crippen LogP contribution in [-0.4, -0.2) is 38.1 Å². The maximum absolute atomic E-state index is 5.96. The molecule has 0 aliphatic carbocycles. The molecule has 2 aromatic carbocycles. The van der Waals surface area contributed by atoms with Crippen LogP contribution in [0.3, 0.4) is 0 Å². The van der Waals surface area contributed by atoms with Crippen molar-refractivity contribution < 1.29 is 14.3 Å². The van der Waals surface area contributed by atoms with E-state index in [1.165, 1.54) is 0 Å². The van der Waals surface area contributed by atoms with Crippen LogP contribution < -0.4 is 14.8 Å². The van der Waals surface area contributed by atoms with Crippen molar-refractivity contribution in [2.45, 2.75) is 13.3 Å². The molecule has 0 spiro atoms. The van der Waals surface area contributed by atoms with Gasteiger partial charge in [-0.05, 0) is 43.2 Å². The summed E-state index contributed by atoms with van der Waals surface area (Å²) in [6.07, 6.45) is 0.767. The number of nitrogens with zero attached hydrogens (tertiary/aromatic N) is 1. The maximum Gasteiger partial charge on any atom is 0.160 e. The summed E-state index contributed by atoms with van der Waals surface area (Å²) in [5, 5.41) is 8.04. The Labute approximate surface area is 170 Å². The van der Waals surface area contributed by atoms with E-state index in [1.807, 2.05) is 37.3 Å².